The van der Waals surface area contributed by atoms with E-state index in [1.54, 1.807) is 0 Å². The van der Waals surface area contributed by atoms with Crippen molar-refractivity contribution in [2.75, 3.05) is 26.2 Å². The molecule has 22 heavy (non-hydrogen) atoms. The number of aromatic amines is 1. The van der Waals surface area contributed by atoms with E-state index < -0.39 is 0 Å². The second-order valence-electron chi connectivity index (χ2n) is 6.00. The molecule has 4 nitrogen and oxygen atoms in total. The molecule has 4 rings (SSSR count). The first kappa shape index (κ1) is 13.6. The van der Waals surface area contributed by atoms with E-state index in [1.807, 2.05) is 30.6 Å². The summed E-state index contributed by atoms with van der Waals surface area (Å²) in [7, 11) is 0. The Labute approximate surface area is 130 Å². The summed E-state index contributed by atoms with van der Waals surface area (Å²) in [5.41, 5.74) is 2.12. The number of likely N-dealkylation sites (tertiary alicyclic amines) is 1. The standard InChI is InChI=1S/C18H21N3O/c1-2-9-21(8-1)10-3-11-22-15-4-5-16-17(12-15)20-13-14-6-7-19-18(14)16/h4-7,12-13,19H,1-3,8-11H2. The Morgan fingerprint density at radius 1 is 1.18 bits per heavy atom. The first-order valence-electron chi connectivity index (χ1n) is 8.11. The number of fused-ring (bicyclic) bond motifs is 3. The summed E-state index contributed by atoms with van der Waals surface area (Å²) in [6, 6.07) is 8.22. The van der Waals surface area contributed by atoms with Crippen LogP contribution in [0, 0.1) is 0 Å². The van der Waals surface area contributed by atoms with Crippen molar-refractivity contribution in [2.45, 2.75) is 19.3 Å². The maximum absolute atomic E-state index is 5.89. The van der Waals surface area contributed by atoms with Gasteiger partial charge in [0.2, 0.25) is 0 Å². The molecule has 0 bridgehead atoms. The highest BCUT2D eigenvalue weighted by Crippen LogP contribution is 2.25. The molecule has 1 aromatic carbocycles. The molecule has 1 aliphatic heterocycles. The fraction of sp³-hybridized carbons (Fsp3) is 0.389. The second-order valence-corrected chi connectivity index (χ2v) is 6.00. The van der Waals surface area contributed by atoms with E-state index in [2.05, 4.69) is 20.9 Å². The van der Waals surface area contributed by atoms with E-state index >= 15 is 0 Å². The van der Waals surface area contributed by atoms with Crippen LogP contribution in [0.2, 0.25) is 0 Å². The van der Waals surface area contributed by atoms with Gasteiger partial charge < -0.3 is 14.6 Å². The Morgan fingerprint density at radius 2 is 2.09 bits per heavy atom. The number of hydrogen-bond donors (Lipinski definition) is 1. The number of nitrogens with one attached hydrogen (secondary N) is 1. The molecule has 3 aromatic rings. The molecule has 3 heterocycles. The molecule has 0 amide bonds. The van der Waals surface area contributed by atoms with Gasteiger partial charge in [-0.3, -0.25) is 4.98 Å². The number of aromatic nitrogens is 2. The van der Waals surface area contributed by atoms with Crippen LogP contribution < -0.4 is 4.74 Å². The maximum atomic E-state index is 5.89. The Kier molecular flexibility index (Phi) is 3.69. The first-order valence-corrected chi connectivity index (χ1v) is 8.11. The van der Waals surface area contributed by atoms with Gasteiger partial charge >= 0.3 is 0 Å². The Morgan fingerprint density at radius 3 is 3.00 bits per heavy atom. The lowest BCUT2D eigenvalue weighted by Gasteiger charge is -2.14. The number of nitrogens with zero attached hydrogens (tertiary/aromatic N) is 2. The average molecular weight is 295 g/mol. The van der Waals surface area contributed by atoms with Gasteiger partial charge in [0.1, 0.15) is 5.75 Å². The van der Waals surface area contributed by atoms with Crippen molar-refractivity contribution in [3.63, 3.8) is 0 Å². The number of benzene rings is 1. The van der Waals surface area contributed by atoms with E-state index in [9.17, 15) is 0 Å². The van der Waals surface area contributed by atoms with E-state index in [-0.39, 0.29) is 0 Å². The number of pyridine rings is 1. The Balaban J connectivity index is 1.42. The molecule has 114 valence electrons. The Hall–Kier alpha value is -2.07. The van der Waals surface area contributed by atoms with E-state index in [0.29, 0.717) is 0 Å². The molecule has 2 aromatic heterocycles. The van der Waals surface area contributed by atoms with E-state index in [1.165, 1.54) is 25.9 Å². The third-order valence-electron chi connectivity index (χ3n) is 4.45. The largest absolute Gasteiger partial charge is 0.493 e. The third kappa shape index (κ3) is 2.66. The van der Waals surface area contributed by atoms with Crippen LogP contribution >= 0.6 is 0 Å². The van der Waals surface area contributed by atoms with Crippen molar-refractivity contribution < 1.29 is 4.74 Å². The smallest absolute Gasteiger partial charge is 0.121 e. The molecule has 0 spiro atoms. The molecule has 0 radical (unpaired) electrons. The van der Waals surface area contributed by atoms with Crippen LogP contribution in [0.1, 0.15) is 19.3 Å². The predicted molar refractivity (Wildman–Crippen MR) is 89.4 cm³/mol. The zero-order valence-electron chi connectivity index (χ0n) is 12.7. The first-order chi connectivity index (χ1) is 10.9. The zero-order chi connectivity index (χ0) is 14.8. The number of ether oxygens (including phenoxy) is 1. The van der Waals surface area contributed by atoms with Crippen molar-refractivity contribution in [3.05, 3.63) is 36.7 Å². The quantitative estimate of drug-likeness (QED) is 0.731. The van der Waals surface area contributed by atoms with Gasteiger partial charge in [-0.2, -0.15) is 0 Å². The summed E-state index contributed by atoms with van der Waals surface area (Å²) in [6.07, 6.45) is 7.65. The zero-order valence-corrected chi connectivity index (χ0v) is 12.7. The van der Waals surface area contributed by atoms with Crippen molar-refractivity contribution in [3.8, 4) is 5.75 Å². The summed E-state index contributed by atoms with van der Waals surface area (Å²) in [5, 5.41) is 2.29. The lowest BCUT2D eigenvalue weighted by Crippen LogP contribution is -2.21. The van der Waals surface area contributed by atoms with Crippen molar-refractivity contribution in [2.24, 2.45) is 0 Å². The van der Waals surface area contributed by atoms with Gasteiger partial charge in [0.15, 0.2) is 0 Å². The molecule has 1 N–H and O–H groups in total. The highest BCUT2D eigenvalue weighted by Gasteiger charge is 2.10. The highest BCUT2D eigenvalue weighted by atomic mass is 16.5. The van der Waals surface area contributed by atoms with E-state index in [4.69, 9.17) is 4.74 Å². The van der Waals surface area contributed by atoms with Crippen molar-refractivity contribution in [1.29, 1.82) is 0 Å². The van der Waals surface area contributed by atoms with Gasteiger partial charge in [0.25, 0.3) is 0 Å². The monoisotopic (exact) mass is 295 g/mol. The van der Waals surface area contributed by atoms with Crippen LogP contribution in [-0.4, -0.2) is 41.1 Å². The fourth-order valence-corrected chi connectivity index (χ4v) is 3.27. The molecule has 4 heteroatoms. The SMILES string of the molecule is c1cc2cnc3cc(OCCCN4CCCC4)ccc3c2[nH]1. The molecule has 0 atom stereocenters. The molecule has 0 saturated carbocycles. The van der Waals surface area contributed by atoms with E-state index in [0.717, 1.165) is 47.1 Å². The predicted octanol–water partition coefficient (Wildman–Crippen LogP) is 3.58. The van der Waals surface area contributed by atoms with Gasteiger partial charge in [-0.25, -0.2) is 0 Å². The Bertz CT molecular complexity index is 774. The van der Waals surface area contributed by atoms with Crippen LogP contribution in [0.4, 0.5) is 0 Å². The van der Waals surface area contributed by atoms with Crippen LogP contribution in [-0.2, 0) is 0 Å². The van der Waals surface area contributed by atoms with Crippen LogP contribution in [0.15, 0.2) is 36.7 Å². The number of hydrogen-bond acceptors (Lipinski definition) is 3. The second kappa shape index (κ2) is 5.97. The van der Waals surface area contributed by atoms with Crippen LogP contribution in [0.5, 0.6) is 5.75 Å². The van der Waals surface area contributed by atoms with Gasteiger partial charge in [-0.15, -0.1) is 0 Å². The lowest BCUT2D eigenvalue weighted by molar-refractivity contribution is 0.263. The van der Waals surface area contributed by atoms with Crippen LogP contribution in [0.3, 0.4) is 0 Å². The molecule has 0 unspecified atom stereocenters. The molecule has 1 aliphatic rings. The van der Waals surface area contributed by atoms with Gasteiger partial charge in [-0.1, -0.05) is 0 Å². The van der Waals surface area contributed by atoms with Crippen molar-refractivity contribution in [1.82, 2.24) is 14.9 Å². The summed E-state index contributed by atoms with van der Waals surface area (Å²) in [5.74, 6) is 0.910. The number of H-pyrrole nitrogens is 1. The van der Waals surface area contributed by atoms with Crippen LogP contribution in [0.25, 0.3) is 21.8 Å². The van der Waals surface area contributed by atoms with Crippen molar-refractivity contribution >= 4 is 21.8 Å². The van der Waals surface area contributed by atoms with Gasteiger partial charge in [0, 0.05) is 35.8 Å². The molecular formula is C18H21N3O. The third-order valence-corrected chi connectivity index (χ3v) is 4.45. The minimum atomic E-state index is 0.771. The number of rotatable bonds is 5. The molecule has 0 aliphatic carbocycles. The summed E-state index contributed by atoms with van der Waals surface area (Å²) in [6.45, 7) is 4.43. The molecule has 1 saturated heterocycles. The molecule has 1 fully saturated rings. The summed E-state index contributed by atoms with van der Waals surface area (Å²) >= 11 is 0. The maximum Gasteiger partial charge on any atom is 0.121 e. The summed E-state index contributed by atoms with van der Waals surface area (Å²) in [4.78, 5) is 10.3. The normalized spacial score (nSPS) is 15.8. The lowest BCUT2D eigenvalue weighted by atomic mass is 10.1. The fourth-order valence-electron chi connectivity index (χ4n) is 3.27. The minimum Gasteiger partial charge on any atom is -0.493 e. The topological polar surface area (TPSA) is 41.1 Å². The van der Waals surface area contributed by atoms with Gasteiger partial charge in [0.05, 0.1) is 17.6 Å². The van der Waals surface area contributed by atoms with Gasteiger partial charge in [-0.05, 0) is 50.6 Å². The average Bonchev–Trinajstić information content (AvgIpc) is 3.22. The molecular weight excluding hydrogens is 274 g/mol. The highest BCUT2D eigenvalue weighted by molar-refractivity contribution is 6.03. The minimum absolute atomic E-state index is 0.771. The summed E-state index contributed by atoms with van der Waals surface area (Å²) < 4.78 is 5.89.